The molecule has 2 heteroatoms. The highest BCUT2D eigenvalue weighted by Gasteiger charge is 2.22. The molecule has 1 aliphatic rings. The van der Waals surface area contributed by atoms with Crippen LogP contribution >= 0.6 is 0 Å². The summed E-state index contributed by atoms with van der Waals surface area (Å²) in [5.74, 6) is 0.960. The van der Waals surface area contributed by atoms with Crippen LogP contribution in [0.1, 0.15) is 19.3 Å². The number of para-hydroxylation sites is 1. The van der Waals surface area contributed by atoms with Crippen LogP contribution in [0.15, 0.2) is 30.3 Å². The first-order chi connectivity index (χ1) is 6.34. The summed E-state index contributed by atoms with van der Waals surface area (Å²) in [6, 6.07) is 10.3. The Hall–Kier alpha value is -1.02. The third-order valence-electron chi connectivity index (χ3n) is 2.47. The Labute approximate surface area is 78.7 Å². The van der Waals surface area contributed by atoms with Crippen LogP contribution in [-0.4, -0.2) is 12.1 Å². The molecule has 0 spiro atoms. The maximum absolute atomic E-state index is 5.80. The molecule has 0 unspecified atom stereocenters. The summed E-state index contributed by atoms with van der Waals surface area (Å²) < 4.78 is 5.77. The quantitative estimate of drug-likeness (QED) is 0.749. The lowest BCUT2D eigenvalue weighted by Gasteiger charge is -2.12. The lowest BCUT2D eigenvalue weighted by atomic mass is 10.3. The number of rotatable bonds is 2. The van der Waals surface area contributed by atoms with Crippen molar-refractivity contribution >= 4 is 0 Å². The number of benzene rings is 1. The van der Waals surface area contributed by atoms with Gasteiger partial charge >= 0.3 is 0 Å². The summed E-state index contributed by atoms with van der Waals surface area (Å²) in [6.45, 7) is 0. The van der Waals surface area contributed by atoms with Crippen molar-refractivity contribution in [2.45, 2.75) is 31.4 Å². The molecule has 1 aromatic rings. The zero-order valence-corrected chi connectivity index (χ0v) is 7.65. The minimum absolute atomic E-state index is 0.331. The standard InChI is InChI=1S/C11H15NO/c12-9-6-7-11(8-9)13-10-4-2-1-3-5-10/h1-5,9,11H,6-8,12H2/t9-,11-/m0/s1. The zero-order chi connectivity index (χ0) is 9.10. The van der Waals surface area contributed by atoms with E-state index in [9.17, 15) is 0 Å². The Morgan fingerprint density at radius 3 is 2.54 bits per heavy atom. The van der Waals surface area contributed by atoms with Crippen molar-refractivity contribution in [3.63, 3.8) is 0 Å². The second-order valence-electron chi connectivity index (χ2n) is 3.63. The first-order valence-electron chi connectivity index (χ1n) is 4.82. The van der Waals surface area contributed by atoms with Gasteiger partial charge in [-0.2, -0.15) is 0 Å². The molecule has 0 aromatic heterocycles. The smallest absolute Gasteiger partial charge is 0.119 e. The van der Waals surface area contributed by atoms with E-state index in [-0.39, 0.29) is 0 Å². The van der Waals surface area contributed by atoms with Gasteiger partial charge in [0.15, 0.2) is 0 Å². The van der Waals surface area contributed by atoms with Gasteiger partial charge in [-0.1, -0.05) is 18.2 Å². The van der Waals surface area contributed by atoms with E-state index in [1.165, 1.54) is 0 Å². The first-order valence-corrected chi connectivity index (χ1v) is 4.82. The third kappa shape index (κ3) is 2.22. The lowest BCUT2D eigenvalue weighted by molar-refractivity contribution is 0.208. The second kappa shape index (κ2) is 3.79. The number of ether oxygens (including phenoxy) is 1. The van der Waals surface area contributed by atoms with Crippen molar-refractivity contribution in [2.24, 2.45) is 5.73 Å². The predicted octanol–water partition coefficient (Wildman–Crippen LogP) is 1.95. The molecule has 2 N–H and O–H groups in total. The largest absolute Gasteiger partial charge is 0.490 e. The molecule has 13 heavy (non-hydrogen) atoms. The topological polar surface area (TPSA) is 35.2 Å². The van der Waals surface area contributed by atoms with Crippen molar-refractivity contribution in [3.8, 4) is 5.75 Å². The monoisotopic (exact) mass is 177 g/mol. The van der Waals surface area contributed by atoms with Gasteiger partial charge in [0.2, 0.25) is 0 Å². The van der Waals surface area contributed by atoms with E-state index in [1.807, 2.05) is 30.3 Å². The normalized spacial score (nSPS) is 27.5. The molecule has 2 nitrogen and oxygen atoms in total. The molecule has 0 saturated heterocycles. The fourth-order valence-corrected chi connectivity index (χ4v) is 1.77. The number of nitrogens with two attached hydrogens (primary N) is 1. The maximum atomic E-state index is 5.80. The highest BCUT2D eigenvalue weighted by atomic mass is 16.5. The molecule has 1 aromatic carbocycles. The Morgan fingerprint density at radius 1 is 1.15 bits per heavy atom. The van der Waals surface area contributed by atoms with Crippen LogP contribution in [-0.2, 0) is 0 Å². The Balaban J connectivity index is 1.92. The van der Waals surface area contributed by atoms with Crippen LogP contribution in [0.5, 0.6) is 5.75 Å². The highest BCUT2D eigenvalue weighted by molar-refractivity contribution is 5.21. The zero-order valence-electron chi connectivity index (χ0n) is 7.65. The van der Waals surface area contributed by atoms with Crippen LogP contribution in [0.4, 0.5) is 0 Å². The molecular weight excluding hydrogens is 162 g/mol. The molecule has 2 rings (SSSR count). The summed E-state index contributed by atoms with van der Waals surface area (Å²) in [5.41, 5.74) is 5.80. The minimum Gasteiger partial charge on any atom is -0.490 e. The average molecular weight is 177 g/mol. The molecule has 1 aliphatic carbocycles. The molecule has 0 bridgehead atoms. The molecule has 1 fully saturated rings. The minimum atomic E-state index is 0.331. The molecule has 0 aliphatic heterocycles. The van der Waals surface area contributed by atoms with Gasteiger partial charge in [-0.25, -0.2) is 0 Å². The van der Waals surface area contributed by atoms with E-state index < -0.39 is 0 Å². The molecule has 0 radical (unpaired) electrons. The van der Waals surface area contributed by atoms with E-state index in [4.69, 9.17) is 10.5 Å². The van der Waals surface area contributed by atoms with Crippen LogP contribution < -0.4 is 10.5 Å². The van der Waals surface area contributed by atoms with Gasteiger partial charge in [-0.3, -0.25) is 0 Å². The van der Waals surface area contributed by atoms with Crippen LogP contribution in [0.2, 0.25) is 0 Å². The van der Waals surface area contributed by atoms with E-state index in [1.54, 1.807) is 0 Å². The van der Waals surface area contributed by atoms with Crippen molar-refractivity contribution < 1.29 is 4.74 Å². The SMILES string of the molecule is N[C@H]1CC[C@H](Oc2ccccc2)C1. The van der Waals surface area contributed by atoms with Crippen molar-refractivity contribution in [1.82, 2.24) is 0 Å². The van der Waals surface area contributed by atoms with E-state index in [2.05, 4.69) is 0 Å². The van der Waals surface area contributed by atoms with Gasteiger partial charge in [0.25, 0.3) is 0 Å². The summed E-state index contributed by atoms with van der Waals surface area (Å²) in [7, 11) is 0. The summed E-state index contributed by atoms with van der Waals surface area (Å²) in [4.78, 5) is 0. The fourth-order valence-electron chi connectivity index (χ4n) is 1.77. The number of hydrogen-bond donors (Lipinski definition) is 1. The maximum Gasteiger partial charge on any atom is 0.119 e. The molecule has 70 valence electrons. The number of hydrogen-bond acceptors (Lipinski definition) is 2. The highest BCUT2D eigenvalue weighted by Crippen LogP contribution is 2.22. The van der Waals surface area contributed by atoms with Crippen LogP contribution in [0, 0.1) is 0 Å². The van der Waals surface area contributed by atoms with E-state index >= 15 is 0 Å². The second-order valence-corrected chi connectivity index (χ2v) is 3.63. The molecule has 0 amide bonds. The average Bonchev–Trinajstić information content (AvgIpc) is 2.53. The van der Waals surface area contributed by atoms with Crippen LogP contribution in [0.3, 0.4) is 0 Å². The van der Waals surface area contributed by atoms with Crippen LogP contribution in [0.25, 0.3) is 0 Å². The Kier molecular flexibility index (Phi) is 2.50. The van der Waals surface area contributed by atoms with E-state index in [0.29, 0.717) is 12.1 Å². The van der Waals surface area contributed by atoms with Crippen molar-refractivity contribution in [2.75, 3.05) is 0 Å². The molecule has 2 atom stereocenters. The summed E-state index contributed by atoms with van der Waals surface area (Å²) >= 11 is 0. The summed E-state index contributed by atoms with van der Waals surface area (Å²) in [5, 5.41) is 0. The van der Waals surface area contributed by atoms with Crippen molar-refractivity contribution in [1.29, 1.82) is 0 Å². The van der Waals surface area contributed by atoms with Gasteiger partial charge < -0.3 is 10.5 Å². The van der Waals surface area contributed by atoms with Gasteiger partial charge in [0.05, 0.1) is 0 Å². The molecule has 1 saturated carbocycles. The van der Waals surface area contributed by atoms with Gasteiger partial charge in [-0.15, -0.1) is 0 Å². The van der Waals surface area contributed by atoms with Gasteiger partial charge in [0.1, 0.15) is 11.9 Å². The summed E-state index contributed by atoms with van der Waals surface area (Å²) in [6.07, 6.45) is 3.51. The van der Waals surface area contributed by atoms with Gasteiger partial charge in [-0.05, 0) is 31.4 Å². The molecular formula is C11H15NO. The first kappa shape index (κ1) is 8.57. The van der Waals surface area contributed by atoms with Crippen molar-refractivity contribution in [3.05, 3.63) is 30.3 Å². The predicted molar refractivity (Wildman–Crippen MR) is 52.7 cm³/mol. The molecule has 0 heterocycles. The van der Waals surface area contributed by atoms with Gasteiger partial charge in [0, 0.05) is 6.04 Å². The third-order valence-corrected chi connectivity index (χ3v) is 2.47. The fraction of sp³-hybridized carbons (Fsp3) is 0.455. The van der Waals surface area contributed by atoms with E-state index in [0.717, 1.165) is 25.0 Å². The lowest BCUT2D eigenvalue weighted by Crippen LogP contribution is -2.19. The Bertz CT molecular complexity index is 260. The Morgan fingerprint density at radius 2 is 1.92 bits per heavy atom.